The van der Waals surface area contributed by atoms with Crippen LogP contribution in [0.4, 0.5) is 11.6 Å². The van der Waals surface area contributed by atoms with Gasteiger partial charge < -0.3 is 9.47 Å². The average Bonchev–Trinajstić information content (AvgIpc) is 2.69. The molecule has 9 nitrogen and oxygen atoms in total. The molecule has 26 heavy (non-hydrogen) atoms. The molecular weight excluding hydrogens is 336 g/mol. The van der Waals surface area contributed by atoms with Gasteiger partial charge in [-0.3, -0.25) is 20.4 Å². The Morgan fingerprint density at radius 2 is 1.69 bits per heavy atom. The number of methoxy groups -OCH3 is 2. The number of aromatic nitrogens is 4. The number of ether oxygens (including phenoxy) is 2. The number of nitrogens with one attached hydrogen (secondary N) is 2. The highest BCUT2D eigenvalue weighted by molar-refractivity contribution is 5.62. The molecule has 2 aromatic heterocycles. The maximum absolute atomic E-state index is 12.2. The molecule has 0 fully saturated rings. The molecular formula is C17H18N6O3. The number of benzene rings is 1. The Morgan fingerprint density at radius 1 is 0.962 bits per heavy atom. The van der Waals surface area contributed by atoms with Crippen LogP contribution in [0.25, 0.3) is 11.4 Å². The third-order valence-corrected chi connectivity index (χ3v) is 3.66. The van der Waals surface area contributed by atoms with Gasteiger partial charge in [0.05, 0.1) is 19.9 Å². The highest BCUT2D eigenvalue weighted by atomic mass is 16.5. The third kappa shape index (κ3) is 3.56. The molecule has 0 unspecified atom stereocenters. The quantitative estimate of drug-likeness (QED) is 0.645. The molecule has 0 atom stereocenters. The maximum atomic E-state index is 12.2. The van der Waals surface area contributed by atoms with Crippen LogP contribution in [0.1, 0.15) is 0 Å². The van der Waals surface area contributed by atoms with Crippen molar-refractivity contribution in [1.82, 2.24) is 19.5 Å². The minimum absolute atomic E-state index is 0.148. The Hall–Kier alpha value is -3.62. The summed E-state index contributed by atoms with van der Waals surface area (Å²) in [4.78, 5) is 24.5. The van der Waals surface area contributed by atoms with Gasteiger partial charge >= 0.3 is 5.69 Å². The van der Waals surface area contributed by atoms with E-state index >= 15 is 0 Å². The molecule has 0 aliphatic carbocycles. The van der Waals surface area contributed by atoms with Gasteiger partial charge in [-0.1, -0.05) is 0 Å². The summed E-state index contributed by atoms with van der Waals surface area (Å²) in [5.41, 5.74) is 6.75. The normalized spacial score (nSPS) is 10.3. The summed E-state index contributed by atoms with van der Waals surface area (Å²) in [5, 5.41) is 0. The van der Waals surface area contributed by atoms with E-state index in [1.807, 2.05) is 0 Å². The number of hydrogen-bond donors (Lipinski definition) is 2. The predicted octanol–water partition coefficient (Wildman–Crippen LogP) is 1.69. The van der Waals surface area contributed by atoms with Crippen LogP contribution in [0.3, 0.4) is 0 Å². The Bertz CT molecular complexity index is 958. The molecule has 2 N–H and O–H groups in total. The van der Waals surface area contributed by atoms with E-state index in [0.29, 0.717) is 22.9 Å². The first-order valence-corrected chi connectivity index (χ1v) is 7.72. The molecule has 0 aliphatic heterocycles. The molecule has 0 radical (unpaired) electrons. The summed E-state index contributed by atoms with van der Waals surface area (Å²) in [5.74, 6) is 1.72. The largest absolute Gasteiger partial charge is 0.493 e. The van der Waals surface area contributed by atoms with Crippen LogP contribution >= 0.6 is 0 Å². The monoisotopic (exact) mass is 354 g/mol. The highest BCUT2D eigenvalue weighted by Gasteiger charge is 2.12. The fraction of sp³-hybridized carbons (Fsp3) is 0.176. The summed E-state index contributed by atoms with van der Waals surface area (Å²) >= 11 is 0. The van der Waals surface area contributed by atoms with Crippen LogP contribution in [-0.2, 0) is 7.05 Å². The number of hydrogen-bond acceptors (Lipinski definition) is 8. The minimum Gasteiger partial charge on any atom is -0.493 e. The molecule has 134 valence electrons. The Morgan fingerprint density at radius 3 is 2.38 bits per heavy atom. The number of nitrogens with zero attached hydrogens (tertiary/aromatic N) is 4. The third-order valence-electron chi connectivity index (χ3n) is 3.66. The maximum Gasteiger partial charge on any atom is 0.352 e. The van der Waals surface area contributed by atoms with Crippen LogP contribution < -0.4 is 26.0 Å². The first-order valence-electron chi connectivity index (χ1n) is 7.72. The number of anilines is 2. The molecule has 0 spiro atoms. The minimum atomic E-state index is -0.441. The summed E-state index contributed by atoms with van der Waals surface area (Å²) in [7, 11) is 4.71. The van der Waals surface area contributed by atoms with Gasteiger partial charge in [-0.15, -0.1) is 0 Å². The van der Waals surface area contributed by atoms with E-state index < -0.39 is 5.69 Å². The van der Waals surface area contributed by atoms with Crippen LogP contribution in [0.2, 0.25) is 0 Å². The summed E-state index contributed by atoms with van der Waals surface area (Å²) in [6.07, 6.45) is 3.29. The predicted molar refractivity (Wildman–Crippen MR) is 97.3 cm³/mol. The van der Waals surface area contributed by atoms with Gasteiger partial charge in [0, 0.05) is 25.0 Å². The van der Waals surface area contributed by atoms with Crippen molar-refractivity contribution >= 4 is 11.6 Å². The first kappa shape index (κ1) is 17.2. The standard InChI is InChI=1S/C17H18N6O3/c1-23-15(11-4-5-13(25-2)14(10-11)26-3)19-16(20-17(23)24)22-21-12-6-8-18-9-7-12/h4-10H,1-3H3,(H,18,21)(H,20,22,24). The summed E-state index contributed by atoms with van der Waals surface area (Å²) < 4.78 is 11.9. The second-order valence-corrected chi connectivity index (χ2v) is 5.27. The van der Waals surface area contributed by atoms with E-state index in [-0.39, 0.29) is 5.95 Å². The topological polar surface area (TPSA) is 103 Å². The van der Waals surface area contributed by atoms with Gasteiger partial charge in [0.2, 0.25) is 5.95 Å². The van der Waals surface area contributed by atoms with Crippen molar-refractivity contribution in [3.8, 4) is 22.9 Å². The molecule has 2 heterocycles. The Kier molecular flexibility index (Phi) is 4.97. The molecule has 3 aromatic rings. The summed E-state index contributed by atoms with van der Waals surface area (Å²) in [6, 6.07) is 8.83. The van der Waals surface area contributed by atoms with Crippen molar-refractivity contribution in [3.05, 3.63) is 53.2 Å². The van der Waals surface area contributed by atoms with Gasteiger partial charge in [0.25, 0.3) is 0 Å². The Balaban J connectivity index is 1.94. The smallest absolute Gasteiger partial charge is 0.352 e. The lowest BCUT2D eigenvalue weighted by molar-refractivity contribution is 0.355. The van der Waals surface area contributed by atoms with Crippen LogP contribution in [-0.4, -0.2) is 33.7 Å². The summed E-state index contributed by atoms with van der Waals surface area (Å²) in [6.45, 7) is 0. The van der Waals surface area contributed by atoms with Crippen molar-refractivity contribution < 1.29 is 9.47 Å². The lowest BCUT2D eigenvalue weighted by Crippen LogP contribution is -2.26. The molecule has 1 aromatic carbocycles. The average molecular weight is 354 g/mol. The zero-order valence-corrected chi connectivity index (χ0v) is 14.6. The van der Waals surface area contributed by atoms with E-state index in [4.69, 9.17) is 9.47 Å². The van der Waals surface area contributed by atoms with E-state index in [0.717, 1.165) is 5.69 Å². The van der Waals surface area contributed by atoms with Crippen LogP contribution in [0, 0.1) is 0 Å². The lowest BCUT2D eigenvalue weighted by atomic mass is 10.2. The molecule has 0 aliphatic rings. The van der Waals surface area contributed by atoms with Crippen molar-refractivity contribution in [2.45, 2.75) is 0 Å². The first-order chi connectivity index (χ1) is 12.6. The number of rotatable bonds is 6. The second-order valence-electron chi connectivity index (χ2n) is 5.27. The lowest BCUT2D eigenvalue weighted by Gasteiger charge is -2.13. The molecule has 3 rings (SSSR count). The molecule has 0 amide bonds. The molecule has 0 saturated carbocycles. The van der Waals surface area contributed by atoms with Crippen molar-refractivity contribution in [1.29, 1.82) is 0 Å². The van der Waals surface area contributed by atoms with Crippen molar-refractivity contribution in [2.75, 3.05) is 25.1 Å². The SMILES string of the molecule is COc1ccc(-c2nc(NNc3ccncc3)nc(=O)n2C)cc1OC. The van der Waals surface area contributed by atoms with Gasteiger partial charge in [-0.25, -0.2) is 4.79 Å². The van der Waals surface area contributed by atoms with Crippen molar-refractivity contribution in [2.24, 2.45) is 7.05 Å². The number of pyridine rings is 1. The van der Waals surface area contributed by atoms with Gasteiger partial charge in [0.1, 0.15) is 5.82 Å². The van der Waals surface area contributed by atoms with Crippen LogP contribution in [0.5, 0.6) is 11.5 Å². The molecule has 0 bridgehead atoms. The zero-order valence-electron chi connectivity index (χ0n) is 14.6. The van der Waals surface area contributed by atoms with Gasteiger partial charge in [-0.05, 0) is 30.3 Å². The van der Waals surface area contributed by atoms with Gasteiger partial charge in [0.15, 0.2) is 11.5 Å². The van der Waals surface area contributed by atoms with Crippen LogP contribution in [0.15, 0.2) is 47.5 Å². The number of hydrazine groups is 1. The van der Waals surface area contributed by atoms with Crippen molar-refractivity contribution in [3.63, 3.8) is 0 Å². The van der Waals surface area contributed by atoms with E-state index in [2.05, 4.69) is 25.8 Å². The molecule has 9 heteroatoms. The highest BCUT2D eigenvalue weighted by Crippen LogP contribution is 2.31. The van der Waals surface area contributed by atoms with E-state index in [9.17, 15) is 4.79 Å². The molecule has 0 saturated heterocycles. The fourth-order valence-electron chi connectivity index (χ4n) is 2.31. The van der Waals surface area contributed by atoms with E-state index in [1.165, 1.54) is 4.57 Å². The fourth-order valence-corrected chi connectivity index (χ4v) is 2.31. The second kappa shape index (κ2) is 7.51. The van der Waals surface area contributed by atoms with Gasteiger partial charge in [-0.2, -0.15) is 9.97 Å². The zero-order chi connectivity index (χ0) is 18.5. The van der Waals surface area contributed by atoms with E-state index in [1.54, 1.807) is 64.0 Å². The Labute approximate surface area is 149 Å².